The molecule has 96 valence electrons. The lowest BCUT2D eigenvalue weighted by atomic mass is 10.3. The van der Waals surface area contributed by atoms with Crippen LogP contribution in [-0.4, -0.2) is 18.5 Å². The quantitative estimate of drug-likeness (QED) is 0.664. The van der Waals surface area contributed by atoms with Gasteiger partial charge < -0.3 is 10.1 Å². The molecule has 2 rings (SSSR count). The molecule has 1 aliphatic carbocycles. The molecule has 1 N–H and O–H groups in total. The highest BCUT2D eigenvalue weighted by molar-refractivity contribution is 14.1. The highest BCUT2D eigenvalue weighted by atomic mass is 127. The molecule has 1 aliphatic rings. The summed E-state index contributed by atoms with van der Waals surface area (Å²) >= 11 is 2.17. The number of nitrogens with one attached hydrogen (secondary N) is 1. The number of anilines is 1. The van der Waals surface area contributed by atoms with Crippen LogP contribution in [-0.2, 0) is 14.3 Å². The van der Waals surface area contributed by atoms with Crippen molar-refractivity contribution in [3.05, 3.63) is 27.8 Å². The average molecular weight is 359 g/mol. The molecule has 1 fully saturated rings. The number of carbonyl (C=O) groups is 2. The highest BCUT2D eigenvalue weighted by Crippen LogP contribution is 2.38. The molecular weight excluding hydrogens is 345 g/mol. The fourth-order valence-electron chi connectivity index (χ4n) is 1.66. The molecule has 0 aromatic heterocycles. The molecule has 4 nitrogen and oxygen atoms in total. The van der Waals surface area contributed by atoms with Crippen LogP contribution in [0.3, 0.4) is 0 Å². The van der Waals surface area contributed by atoms with E-state index in [-0.39, 0.29) is 24.4 Å². The molecule has 2 unspecified atom stereocenters. The predicted molar refractivity (Wildman–Crippen MR) is 76.0 cm³/mol. The largest absolute Gasteiger partial charge is 0.455 e. The van der Waals surface area contributed by atoms with E-state index < -0.39 is 0 Å². The van der Waals surface area contributed by atoms with E-state index in [1.807, 2.05) is 25.1 Å². The van der Waals surface area contributed by atoms with Crippen LogP contribution in [0.1, 0.15) is 13.3 Å². The molecular formula is C13H14INO3. The Labute approximate surface area is 119 Å². The molecule has 0 heterocycles. The summed E-state index contributed by atoms with van der Waals surface area (Å²) in [6.07, 6.45) is 0.872. The first kappa shape index (κ1) is 13.3. The average Bonchev–Trinajstić information content (AvgIpc) is 3.03. The summed E-state index contributed by atoms with van der Waals surface area (Å²) in [6, 6.07) is 7.44. The van der Waals surface area contributed by atoms with E-state index in [0.717, 1.165) is 9.99 Å². The maximum Gasteiger partial charge on any atom is 0.309 e. The van der Waals surface area contributed by atoms with Crippen molar-refractivity contribution in [1.82, 2.24) is 0 Å². The maximum absolute atomic E-state index is 11.6. The Morgan fingerprint density at radius 3 is 2.83 bits per heavy atom. The zero-order valence-electron chi connectivity index (χ0n) is 9.98. The number of carbonyl (C=O) groups excluding carboxylic acids is 2. The molecule has 5 heteroatoms. The third kappa shape index (κ3) is 3.69. The van der Waals surface area contributed by atoms with Crippen molar-refractivity contribution < 1.29 is 14.3 Å². The Bertz CT molecular complexity index is 475. The maximum atomic E-state index is 11.6. The molecule has 1 aromatic carbocycles. The summed E-state index contributed by atoms with van der Waals surface area (Å²) in [5, 5.41) is 2.69. The van der Waals surface area contributed by atoms with Gasteiger partial charge in [-0.3, -0.25) is 9.59 Å². The Balaban J connectivity index is 1.77. The second kappa shape index (κ2) is 5.69. The minimum Gasteiger partial charge on any atom is -0.455 e. The van der Waals surface area contributed by atoms with Gasteiger partial charge in [-0.15, -0.1) is 0 Å². The fourth-order valence-corrected chi connectivity index (χ4v) is 2.20. The van der Waals surface area contributed by atoms with E-state index >= 15 is 0 Å². The molecule has 1 saturated carbocycles. The number of rotatable bonds is 4. The second-order valence-corrected chi connectivity index (χ2v) is 5.73. The lowest BCUT2D eigenvalue weighted by molar-refractivity contribution is -0.148. The van der Waals surface area contributed by atoms with Gasteiger partial charge in [-0.2, -0.15) is 0 Å². The van der Waals surface area contributed by atoms with Crippen molar-refractivity contribution >= 4 is 40.2 Å². The van der Waals surface area contributed by atoms with Gasteiger partial charge in [0.15, 0.2) is 6.61 Å². The Morgan fingerprint density at radius 2 is 2.22 bits per heavy atom. The number of hydrogen-bond donors (Lipinski definition) is 1. The molecule has 18 heavy (non-hydrogen) atoms. The van der Waals surface area contributed by atoms with Crippen molar-refractivity contribution in [2.75, 3.05) is 11.9 Å². The van der Waals surface area contributed by atoms with E-state index in [4.69, 9.17) is 4.74 Å². The number of halogens is 1. The first-order valence-corrected chi connectivity index (χ1v) is 6.86. The topological polar surface area (TPSA) is 55.4 Å². The van der Waals surface area contributed by atoms with Crippen LogP contribution in [0, 0.1) is 15.4 Å². The van der Waals surface area contributed by atoms with Crippen LogP contribution >= 0.6 is 22.6 Å². The molecule has 1 aromatic rings. The van der Waals surface area contributed by atoms with E-state index in [1.165, 1.54) is 0 Å². The third-order valence-electron chi connectivity index (χ3n) is 2.87. The lowest BCUT2D eigenvalue weighted by Crippen LogP contribution is -2.21. The monoisotopic (exact) mass is 359 g/mol. The first-order chi connectivity index (χ1) is 8.56. The van der Waals surface area contributed by atoms with Crippen LogP contribution in [0.2, 0.25) is 0 Å². The lowest BCUT2D eigenvalue weighted by Gasteiger charge is -2.06. The summed E-state index contributed by atoms with van der Waals surface area (Å²) in [6.45, 7) is 1.78. The van der Waals surface area contributed by atoms with Gasteiger partial charge in [0.25, 0.3) is 5.91 Å². The number of amides is 1. The van der Waals surface area contributed by atoms with Gasteiger partial charge in [-0.25, -0.2) is 0 Å². The summed E-state index contributed by atoms with van der Waals surface area (Å²) in [5.41, 5.74) is 0.711. The van der Waals surface area contributed by atoms with Crippen molar-refractivity contribution in [2.45, 2.75) is 13.3 Å². The van der Waals surface area contributed by atoms with E-state index in [1.54, 1.807) is 6.07 Å². The van der Waals surface area contributed by atoms with Crippen LogP contribution in [0.25, 0.3) is 0 Å². The Kier molecular flexibility index (Phi) is 4.21. The number of benzene rings is 1. The summed E-state index contributed by atoms with van der Waals surface area (Å²) in [5.74, 6) is -0.175. The molecule has 0 aliphatic heterocycles. The van der Waals surface area contributed by atoms with Crippen molar-refractivity contribution in [1.29, 1.82) is 0 Å². The molecule has 0 radical (unpaired) electrons. The normalized spacial score (nSPS) is 21.2. The molecule has 0 spiro atoms. The zero-order chi connectivity index (χ0) is 13.1. The fraction of sp³-hybridized carbons (Fsp3) is 0.385. The van der Waals surface area contributed by atoms with Crippen LogP contribution in [0.5, 0.6) is 0 Å². The van der Waals surface area contributed by atoms with E-state index in [2.05, 4.69) is 27.9 Å². The van der Waals surface area contributed by atoms with Crippen LogP contribution in [0.15, 0.2) is 24.3 Å². The predicted octanol–water partition coefficient (Wildman–Crippen LogP) is 2.43. The highest BCUT2D eigenvalue weighted by Gasteiger charge is 2.40. The van der Waals surface area contributed by atoms with Crippen molar-refractivity contribution in [2.24, 2.45) is 11.8 Å². The molecule has 0 saturated heterocycles. The van der Waals surface area contributed by atoms with Gasteiger partial charge in [-0.05, 0) is 53.1 Å². The van der Waals surface area contributed by atoms with E-state index in [0.29, 0.717) is 11.6 Å². The molecule has 1 amide bonds. The minimum absolute atomic E-state index is 0.00419. The van der Waals surface area contributed by atoms with Gasteiger partial charge in [0.2, 0.25) is 0 Å². The van der Waals surface area contributed by atoms with Gasteiger partial charge in [0.05, 0.1) is 5.92 Å². The number of ether oxygens (including phenoxy) is 1. The Hall–Kier alpha value is -1.11. The SMILES string of the molecule is CC1CC1C(=O)OCC(=O)Nc1cccc(I)c1. The van der Waals surface area contributed by atoms with Gasteiger partial charge in [0, 0.05) is 9.26 Å². The van der Waals surface area contributed by atoms with Gasteiger partial charge in [-0.1, -0.05) is 13.0 Å². The Morgan fingerprint density at radius 1 is 1.50 bits per heavy atom. The number of esters is 1. The third-order valence-corrected chi connectivity index (χ3v) is 3.54. The summed E-state index contributed by atoms with van der Waals surface area (Å²) in [4.78, 5) is 23.0. The first-order valence-electron chi connectivity index (χ1n) is 5.78. The molecule has 0 bridgehead atoms. The second-order valence-electron chi connectivity index (χ2n) is 4.49. The number of hydrogen-bond acceptors (Lipinski definition) is 3. The van der Waals surface area contributed by atoms with Crippen LogP contribution in [0.4, 0.5) is 5.69 Å². The van der Waals surface area contributed by atoms with Crippen LogP contribution < -0.4 is 5.32 Å². The van der Waals surface area contributed by atoms with Crippen molar-refractivity contribution in [3.63, 3.8) is 0 Å². The van der Waals surface area contributed by atoms with Gasteiger partial charge >= 0.3 is 5.97 Å². The minimum atomic E-state index is -0.307. The summed E-state index contributed by atoms with van der Waals surface area (Å²) < 4.78 is 5.98. The van der Waals surface area contributed by atoms with Gasteiger partial charge in [0.1, 0.15) is 0 Å². The molecule has 2 atom stereocenters. The summed E-state index contributed by atoms with van der Waals surface area (Å²) in [7, 11) is 0. The van der Waals surface area contributed by atoms with Crippen molar-refractivity contribution in [3.8, 4) is 0 Å². The standard InChI is InChI=1S/C13H14INO3/c1-8-5-11(8)13(17)18-7-12(16)15-10-4-2-3-9(14)6-10/h2-4,6,8,11H,5,7H2,1H3,(H,15,16). The zero-order valence-corrected chi connectivity index (χ0v) is 12.1. The smallest absolute Gasteiger partial charge is 0.309 e. The van der Waals surface area contributed by atoms with E-state index in [9.17, 15) is 9.59 Å².